The van der Waals surface area contributed by atoms with E-state index in [0.717, 1.165) is 12.8 Å². The number of nitrogens with zero attached hydrogens (tertiary/aromatic N) is 1. The Bertz CT molecular complexity index is 255. The van der Waals surface area contributed by atoms with Gasteiger partial charge in [-0.2, -0.15) is 13.2 Å². The van der Waals surface area contributed by atoms with Gasteiger partial charge in [-0.05, 0) is 18.8 Å². The monoisotopic (exact) mass is 238 g/mol. The van der Waals surface area contributed by atoms with Gasteiger partial charge in [-0.25, -0.2) is 0 Å². The first-order valence-corrected chi connectivity index (χ1v) is 5.41. The zero-order valence-electron chi connectivity index (χ0n) is 9.26. The molecule has 0 radical (unpaired) electrons. The number of likely N-dealkylation sites (tertiary alicyclic amines) is 1. The molecule has 0 aromatic carbocycles. The van der Waals surface area contributed by atoms with Gasteiger partial charge in [0.25, 0.3) is 0 Å². The third-order valence-corrected chi connectivity index (χ3v) is 3.03. The van der Waals surface area contributed by atoms with E-state index in [4.69, 9.17) is 5.73 Å². The maximum absolute atomic E-state index is 12.1. The molecule has 16 heavy (non-hydrogen) atoms. The van der Waals surface area contributed by atoms with Crippen LogP contribution >= 0.6 is 0 Å². The van der Waals surface area contributed by atoms with Crippen LogP contribution in [0.3, 0.4) is 0 Å². The number of rotatable bonds is 2. The lowest BCUT2D eigenvalue weighted by atomic mass is 9.90. The van der Waals surface area contributed by atoms with Crippen LogP contribution in [0.25, 0.3) is 0 Å². The Morgan fingerprint density at radius 1 is 1.50 bits per heavy atom. The Hall–Kier alpha value is -0.780. The van der Waals surface area contributed by atoms with Crippen LogP contribution in [-0.2, 0) is 4.79 Å². The molecule has 1 rings (SSSR count). The third-order valence-electron chi connectivity index (χ3n) is 3.03. The molecule has 0 aromatic heterocycles. The van der Waals surface area contributed by atoms with Crippen molar-refractivity contribution in [3.8, 4) is 0 Å². The molecule has 0 spiro atoms. The Kier molecular flexibility index (Phi) is 4.18. The van der Waals surface area contributed by atoms with Gasteiger partial charge in [-0.3, -0.25) is 4.79 Å². The first kappa shape index (κ1) is 13.3. The Labute approximate surface area is 92.8 Å². The molecule has 2 atom stereocenters. The summed E-state index contributed by atoms with van der Waals surface area (Å²) in [4.78, 5) is 12.8. The quantitative estimate of drug-likeness (QED) is 0.793. The molecule has 94 valence electrons. The highest BCUT2D eigenvalue weighted by molar-refractivity contribution is 5.77. The van der Waals surface area contributed by atoms with Crippen molar-refractivity contribution in [2.75, 3.05) is 13.1 Å². The molecule has 1 aliphatic heterocycles. The number of piperidine rings is 1. The fourth-order valence-corrected chi connectivity index (χ4v) is 2.19. The molecular formula is C10H17F3N2O. The van der Waals surface area contributed by atoms with Crippen molar-refractivity contribution >= 4 is 5.91 Å². The molecule has 0 saturated carbocycles. The zero-order chi connectivity index (χ0) is 12.3. The predicted molar refractivity (Wildman–Crippen MR) is 53.6 cm³/mol. The number of carbonyl (C=O) groups excluding carboxylic acids is 1. The van der Waals surface area contributed by atoms with Gasteiger partial charge in [0.1, 0.15) is 6.42 Å². The SMILES string of the molecule is C[C@H]1CCCN(C(=O)CC(F)(F)F)[C@H]1CN. The molecule has 0 bridgehead atoms. The van der Waals surface area contributed by atoms with Crippen LogP contribution in [-0.4, -0.2) is 36.1 Å². The maximum atomic E-state index is 12.1. The number of halogens is 3. The van der Waals surface area contributed by atoms with Crippen molar-refractivity contribution in [2.45, 2.75) is 38.4 Å². The lowest BCUT2D eigenvalue weighted by Gasteiger charge is -2.39. The minimum Gasteiger partial charge on any atom is -0.338 e. The van der Waals surface area contributed by atoms with E-state index in [1.807, 2.05) is 6.92 Å². The Morgan fingerprint density at radius 3 is 2.62 bits per heavy atom. The Balaban J connectivity index is 2.66. The molecule has 1 saturated heterocycles. The van der Waals surface area contributed by atoms with Crippen LogP contribution in [0.15, 0.2) is 0 Å². The van der Waals surface area contributed by atoms with Crippen molar-refractivity contribution in [3.05, 3.63) is 0 Å². The second-order valence-electron chi connectivity index (χ2n) is 4.30. The topological polar surface area (TPSA) is 46.3 Å². The maximum Gasteiger partial charge on any atom is 0.397 e. The Morgan fingerprint density at radius 2 is 2.12 bits per heavy atom. The van der Waals surface area contributed by atoms with Crippen LogP contribution in [0.5, 0.6) is 0 Å². The fourth-order valence-electron chi connectivity index (χ4n) is 2.19. The molecule has 2 N–H and O–H groups in total. The number of amides is 1. The lowest BCUT2D eigenvalue weighted by Crippen LogP contribution is -2.52. The molecular weight excluding hydrogens is 221 g/mol. The van der Waals surface area contributed by atoms with Crippen LogP contribution < -0.4 is 5.73 Å². The van der Waals surface area contributed by atoms with Crippen molar-refractivity contribution in [1.29, 1.82) is 0 Å². The molecule has 6 heteroatoms. The molecule has 0 aromatic rings. The van der Waals surface area contributed by atoms with Gasteiger partial charge in [0.05, 0.1) is 0 Å². The first-order valence-electron chi connectivity index (χ1n) is 5.41. The van der Waals surface area contributed by atoms with Gasteiger partial charge in [-0.1, -0.05) is 6.92 Å². The van der Waals surface area contributed by atoms with Crippen molar-refractivity contribution in [1.82, 2.24) is 4.90 Å². The van der Waals surface area contributed by atoms with Crippen LogP contribution in [0.1, 0.15) is 26.2 Å². The zero-order valence-corrected chi connectivity index (χ0v) is 9.26. The van der Waals surface area contributed by atoms with Gasteiger partial charge >= 0.3 is 6.18 Å². The van der Waals surface area contributed by atoms with E-state index in [1.54, 1.807) is 0 Å². The summed E-state index contributed by atoms with van der Waals surface area (Å²) in [5.74, 6) is -0.676. The van der Waals surface area contributed by atoms with Crippen LogP contribution in [0.2, 0.25) is 0 Å². The summed E-state index contributed by atoms with van der Waals surface area (Å²) in [7, 11) is 0. The van der Waals surface area contributed by atoms with Gasteiger partial charge in [0.2, 0.25) is 5.91 Å². The summed E-state index contributed by atoms with van der Waals surface area (Å²) in [6.45, 7) is 2.54. The second kappa shape index (κ2) is 5.03. The summed E-state index contributed by atoms with van der Waals surface area (Å²) in [5, 5.41) is 0. The number of hydrogen-bond acceptors (Lipinski definition) is 2. The number of hydrogen-bond donors (Lipinski definition) is 1. The summed E-state index contributed by atoms with van der Waals surface area (Å²) in [6.07, 6.45) is -4.15. The van der Waals surface area contributed by atoms with Crippen LogP contribution in [0, 0.1) is 5.92 Å². The molecule has 1 amide bonds. The van der Waals surface area contributed by atoms with Crippen molar-refractivity contribution in [2.24, 2.45) is 11.7 Å². The van der Waals surface area contributed by atoms with Gasteiger partial charge in [0, 0.05) is 19.1 Å². The third kappa shape index (κ3) is 3.37. The smallest absolute Gasteiger partial charge is 0.338 e. The average molecular weight is 238 g/mol. The van der Waals surface area contributed by atoms with E-state index in [2.05, 4.69) is 0 Å². The van der Waals surface area contributed by atoms with E-state index in [0.29, 0.717) is 6.54 Å². The minimum absolute atomic E-state index is 0.177. The number of carbonyl (C=O) groups is 1. The number of nitrogens with two attached hydrogens (primary N) is 1. The molecule has 0 unspecified atom stereocenters. The van der Waals surface area contributed by atoms with Gasteiger partial charge in [-0.15, -0.1) is 0 Å². The molecule has 1 heterocycles. The van der Waals surface area contributed by atoms with E-state index in [9.17, 15) is 18.0 Å². The number of alkyl halides is 3. The van der Waals surface area contributed by atoms with Crippen LogP contribution in [0.4, 0.5) is 13.2 Å². The molecule has 1 aliphatic rings. The molecule has 1 fully saturated rings. The highest BCUT2D eigenvalue weighted by atomic mass is 19.4. The first-order chi connectivity index (χ1) is 7.35. The summed E-state index contributed by atoms with van der Waals surface area (Å²) in [6, 6.07) is -0.247. The lowest BCUT2D eigenvalue weighted by molar-refractivity contribution is -0.164. The predicted octanol–water partition coefficient (Wildman–Crippen LogP) is 1.52. The van der Waals surface area contributed by atoms with Crippen molar-refractivity contribution in [3.63, 3.8) is 0 Å². The summed E-state index contributed by atoms with van der Waals surface area (Å²) < 4.78 is 36.3. The fraction of sp³-hybridized carbons (Fsp3) is 0.900. The standard InChI is InChI=1S/C10H17F3N2O/c1-7-3-2-4-15(8(7)6-14)9(16)5-10(11,12)13/h7-8H,2-6,14H2,1H3/t7-,8-/m0/s1. The minimum atomic E-state index is -4.43. The van der Waals surface area contributed by atoms with E-state index >= 15 is 0 Å². The highest BCUT2D eigenvalue weighted by Crippen LogP contribution is 2.26. The molecule has 0 aliphatic carbocycles. The summed E-state index contributed by atoms with van der Waals surface area (Å²) in [5.41, 5.74) is 5.51. The van der Waals surface area contributed by atoms with E-state index in [1.165, 1.54) is 4.90 Å². The largest absolute Gasteiger partial charge is 0.397 e. The highest BCUT2D eigenvalue weighted by Gasteiger charge is 2.37. The normalized spacial score (nSPS) is 26.9. The summed E-state index contributed by atoms with van der Waals surface area (Å²) >= 11 is 0. The van der Waals surface area contributed by atoms with E-state index < -0.39 is 18.5 Å². The van der Waals surface area contributed by atoms with Gasteiger partial charge in [0.15, 0.2) is 0 Å². The average Bonchev–Trinajstić information content (AvgIpc) is 2.14. The van der Waals surface area contributed by atoms with E-state index in [-0.39, 0.29) is 18.5 Å². The van der Waals surface area contributed by atoms with Crippen molar-refractivity contribution < 1.29 is 18.0 Å². The molecule has 3 nitrogen and oxygen atoms in total. The van der Waals surface area contributed by atoms with Gasteiger partial charge < -0.3 is 10.6 Å². The second-order valence-corrected chi connectivity index (χ2v) is 4.30.